The Labute approximate surface area is 126 Å². The number of ether oxygens (including phenoxy) is 2. The number of anilines is 1. The molecule has 1 fully saturated rings. The van der Waals surface area contributed by atoms with Gasteiger partial charge in [-0.05, 0) is 0 Å². The lowest BCUT2D eigenvalue weighted by Crippen LogP contribution is -2.34. The van der Waals surface area contributed by atoms with Crippen LogP contribution in [0.2, 0.25) is 0 Å². The van der Waals surface area contributed by atoms with E-state index >= 15 is 0 Å². The predicted molar refractivity (Wildman–Crippen MR) is 72.1 cm³/mol. The molecule has 3 N–H and O–H groups in total. The average Bonchev–Trinajstić information content (AvgIpc) is 2.68. The smallest absolute Gasteiger partial charge is 0.351 e. The number of aromatic nitrogens is 2. The molecule has 21 heavy (non-hydrogen) atoms. The minimum Gasteiger partial charge on any atom is -0.463 e. The van der Waals surface area contributed by atoms with Crippen molar-refractivity contribution in [3.05, 3.63) is 22.5 Å². The minimum atomic E-state index is -1.16. The average molecular weight is 366 g/mol. The number of carbonyl (C=O) groups excluding carboxylic acids is 1. The first-order chi connectivity index (χ1) is 9.81. The Hall–Kier alpha value is -1.52. The van der Waals surface area contributed by atoms with Gasteiger partial charge in [-0.1, -0.05) is 15.9 Å². The molecule has 0 unspecified atom stereocenters. The van der Waals surface area contributed by atoms with Crippen molar-refractivity contribution in [2.24, 2.45) is 0 Å². The van der Waals surface area contributed by atoms with Crippen LogP contribution in [-0.4, -0.2) is 44.3 Å². The van der Waals surface area contributed by atoms with Crippen molar-refractivity contribution in [1.82, 2.24) is 9.55 Å². The normalized spacial score (nSPS) is 28.6. The fraction of sp³-hybridized carbons (Fsp3) is 0.545. The first-order valence-electron chi connectivity index (χ1n) is 5.96. The van der Waals surface area contributed by atoms with Crippen LogP contribution in [0.4, 0.5) is 10.2 Å². The SMILES string of the molecule is CC(=O)OC[C@H]1O[C@@H](n2cc(F)c(N)nc2=O)[C@H](O)[C@@H]1Br. The van der Waals surface area contributed by atoms with Gasteiger partial charge < -0.3 is 20.3 Å². The maximum atomic E-state index is 13.4. The lowest BCUT2D eigenvalue weighted by molar-refractivity contribution is -0.146. The highest BCUT2D eigenvalue weighted by atomic mass is 79.9. The Morgan fingerprint density at radius 1 is 1.71 bits per heavy atom. The third-order valence-corrected chi connectivity index (χ3v) is 4.08. The standard InChI is InChI=1S/C11H13BrFN3O5/c1-4(17)20-3-6-7(12)8(18)10(21-6)16-2-5(13)9(14)15-11(16)19/h2,6-8,10,18H,3H2,1H3,(H2,14,15,19)/t6-,7-,8-,10-/m1/s1. The van der Waals surface area contributed by atoms with Gasteiger partial charge >= 0.3 is 11.7 Å². The van der Waals surface area contributed by atoms with E-state index in [2.05, 4.69) is 20.9 Å². The number of carbonyl (C=O) groups is 1. The quantitative estimate of drug-likeness (QED) is 0.550. The molecule has 1 aromatic rings. The van der Waals surface area contributed by atoms with Crippen molar-refractivity contribution in [2.75, 3.05) is 12.3 Å². The van der Waals surface area contributed by atoms with E-state index in [0.29, 0.717) is 0 Å². The summed E-state index contributed by atoms with van der Waals surface area (Å²) in [4.78, 5) is 25.2. The summed E-state index contributed by atoms with van der Waals surface area (Å²) in [6.45, 7) is 1.12. The molecule has 0 amide bonds. The Morgan fingerprint density at radius 2 is 2.38 bits per heavy atom. The van der Waals surface area contributed by atoms with Crippen LogP contribution in [0.5, 0.6) is 0 Å². The molecule has 8 nitrogen and oxygen atoms in total. The number of halogens is 2. The Kier molecular flexibility index (Phi) is 4.59. The fourth-order valence-corrected chi connectivity index (χ4v) is 2.45. The van der Waals surface area contributed by atoms with E-state index in [4.69, 9.17) is 15.2 Å². The van der Waals surface area contributed by atoms with Gasteiger partial charge in [0, 0.05) is 6.92 Å². The van der Waals surface area contributed by atoms with E-state index < -0.39 is 46.6 Å². The second kappa shape index (κ2) is 6.08. The van der Waals surface area contributed by atoms with Gasteiger partial charge in [0.1, 0.15) is 18.8 Å². The van der Waals surface area contributed by atoms with E-state index in [0.717, 1.165) is 10.8 Å². The zero-order valence-corrected chi connectivity index (χ0v) is 12.5. The Morgan fingerprint density at radius 3 is 3.00 bits per heavy atom. The maximum Gasteiger partial charge on any atom is 0.351 e. The van der Waals surface area contributed by atoms with E-state index in [1.165, 1.54) is 6.92 Å². The van der Waals surface area contributed by atoms with Crippen LogP contribution < -0.4 is 11.4 Å². The van der Waals surface area contributed by atoms with Crippen LogP contribution >= 0.6 is 15.9 Å². The van der Waals surface area contributed by atoms with Crippen LogP contribution in [0.1, 0.15) is 13.2 Å². The molecule has 1 aromatic heterocycles. The number of nitrogens with two attached hydrogens (primary N) is 1. The molecule has 1 aliphatic rings. The molecule has 4 atom stereocenters. The second-order valence-corrected chi connectivity index (χ2v) is 5.52. The van der Waals surface area contributed by atoms with Crippen molar-refractivity contribution < 1.29 is 23.8 Å². The molecule has 116 valence electrons. The topological polar surface area (TPSA) is 117 Å². The summed E-state index contributed by atoms with van der Waals surface area (Å²) in [7, 11) is 0. The third-order valence-electron chi connectivity index (χ3n) is 2.95. The summed E-state index contributed by atoms with van der Waals surface area (Å²) < 4.78 is 24.5. The van der Waals surface area contributed by atoms with Gasteiger partial charge in [-0.3, -0.25) is 9.36 Å². The first-order valence-corrected chi connectivity index (χ1v) is 6.88. The number of nitrogens with zero attached hydrogens (tertiary/aromatic N) is 2. The van der Waals surface area contributed by atoms with Crippen LogP contribution in [0.25, 0.3) is 0 Å². The van der Waals surface area contributed by atoms with Gasteiger partial charge in [0.25, 0.3) is 0 Å². The lowest BCUT2D eigenvalue weighted by atomic mass is 10.2. The molecule has 10 heteroatoms. The van der Waals surface area contributed by atoms with Gasteiger partial charge in [-0.25, -0.2) is 9.18 Å². The molecule has 1 aliphatic heterocycles. The van der Waals surface area contributed by atoms with Gasteiger partial charge in [-0.2, -0.15) is 4.98 Å². The van der Waals surface area contributed by atoms with Crippen molar-refractivity contribution >= 4 is 27.7 Å². The second-order valence-electron chi connectivity index (χ2n) is 4.47. The number of hydrogen-bond donors (Lipinski definition) is 2. The third kappa shape index (κ3) is 3.22. The number of aliphatic hydroxyl groups is 1. The molecule has 0 aromatic carbocycles. The molecule has 0 spiro atoms. The first kappa shape index (κ1) is 15.9. The summed E-state index contributed by atoms with van der Waals surface area (Å²) in [5.74, 6) is -1.94. The highest BCUT2D eigenvalue weighted by Gasteiger charge is 2.44. The molecule has 0 bridgehead atoms. The van der Waals surface area contributed by atoms with Gasteiger partial charge in [0.2, 0.25) is 0 Å². The molecule has 0 radical (unpaired) electrons. The molecule has 2 rings (SSSR count). The Bertz CT molecular complexity index is 610. The Balaban J connectivity index is 2.23. The highest BCUT2D eigenvalue weighted by molar-refractivity contribution is 9.09. The van der Waals surface area contributed by atoms with Gasteiger partial charge in [0.05, 0.1) is 11.0 Å². The maximum absolute atomic E-state index is 13.4. The van der Waals surface area contributed by atoms with E-state index in [9.17, 15) is 19.1 Å². The fourth-order valence-electron chi connectivity index (χ4n) is 1.91. The molecule has 0 aliphatic carbocycles. The number of esters is 1. The summed E-state index contributed by atoms with van der Waals surface area (Å²) >= 11 is 3.19. The van der Waals surface area contributed by atoms with E-state index in [1.54, 1.807) is 0 Å². The molecule has 0 saturated carbocycles. The van der Waals surface area contributed by atoms with Crippen molar-refractivity contribution in [3.63, 3.8) is 0 Å². The lowest BCUT2D eigenvalue weighted by Gasteiger charge is -2.17. The number of hydrogen-bond acceptors (Lipinski definition) is 7. The van der Waals surface area contributed by atoms with Crippen LogP contribution in [0.15, 0.2) is 11.0 Å². The number of rotatable bonds is 3. The molecular formula is C11H13BrFN3O5. The van der Waals surface area contributed by atoms with E-state index in [1.807, 2.05) is 0 Å². The summed E-state index contributed by atoms with van der Waals surface area (Å²) in [5.41, 5.74) is 4.33. The summed E-state index contributed by atoms with van der Waals surface area (Å²) in [5, 5.41) is 10.1. The van der Waals surface area contributed by atoms with Crippen LogP contribution in [0.3, 0.4) is 0 Å². The number of alkyl halides is 1. The number of nitrogen functional groups attached to an aromatic ring is 1. The van der Waals surface area contributed by atoms with Crippen molar-refractivity contribution in [3.8, 4) is 0 Å². The van der Waals surface area contributed by atoms with Gasteiger partial charge in [-0.15, -0.1) is 0 Å². The zero-order valence-electron chi connectivity index (χ0n) is 10.9. The largest absolute Gasteiger partial charge is 0.463 e. The van der Waals surface area contributed by atoms with Crippen LogP contribution in [-0.2, 0) is 14.3 Å². The van der Waals surface area contributed by atoms with E-state index in [-0.39, 0.29) is 6.61 Å². The zero-order chi connectivity index (χ0) is 15.7. The molecular weight excluding hydrogens is 353 g/mol. The molecule has 1 saturated heterocycles. The predicted octanol–water partition coefficient (Wildman–Crippen LogP) is -0.450. The summed E-state index contributed by atoms with van der Waals surface area (Å²) in [6, 6.07) is 0. The monoisotopic (exact) mass is 365 g/mol. The minimum absolute atomic E-state index is 0.113. The van der Waals surface area contributed by atoms with Gasteiger partial charge in [0.15, 0.2) is 17.9 Å². The van der Waals surface area contributed by atoms with Crippen molar-refractivity contribution in [1.29, 1.82) is 0 Å². The van der Waals surface area contributed by atoms with Crippen LogP contribution in [0, 0.1) is 5.82 Å². The number of aliphatic hydroxyl groups excluding tert-OH is 1. The highest BCUT2D eigenvalue weighted by Crippen LogP contribution is 2.33. The van der Waals surface area contributed by atoms with Crippen molar-refractivity contribution in [2.45, 2.75) is 30.2 Å². The summed E-state index contributed by atoms with van der Waals surface area (Å²) in [6.07, 6.45) is -2.20. The molecule has 2 heterocycles.